The van der Waals surface area contributed by atoms with E-state index in [0.717, 1.165) is 0 Å². The van der Waals surface area contributed by atoms with E-state index in [9.17, 15) is 9.18 Å². The van der Waals surface area contributed by atoms with E-state index in [4.69, 9.17) is 16.3 Å². The van der Waals surface area contributed by atoms with Crippen LogP contribution in [0.4, 0.5) is 10.1 Å². The molecule has 0 fully saturated rings. The summed E-state index contributed by atoms with van der Waals surface area (Å²) in [5.74, 6) is 0.298. The lowest BCUT2D eigenvalue weighted by Crippen LogP contribution is -2.31. The smallest absolute Gasteiger partial charge is 0.330 e. The summed E-state index contributed by atoms with van der Waals surface area (Å²) >= 11 is 0. The molecule has 2 aromatic carbocycles. The Bertz CT molecular complexity index is 1670. The maximum Gasteiger partial charge on any atom is 0.330 e. The van der Waals surface area contributed by atoms with Crippen LogP contribution in [0.2, 0.25) is 0 Å². The zero-order valence-electron chi connectivity index (χ0n) is 17.4. The van der Waals surface area contributed by atoms with Gasteiger partial charge in [-0.2, -0.15) is 4.98 Å². The zero-order chi connectivity index (χ0) is 22.7. The molecule has 33 heavy (non-hydrogen) atoms. The SMILES string of the molecule is [C-]#[N+]c1ccc2ncn(-c3ncc4c(n3)n(C3CCOc5cccc(F)c53)c(=O)n4C)c2c1. The summed E-state index contributed by atoms with van der Waals surface area (Å²) in [7, 11) is 1.64. The number of nitrogens with zero attached hydrogens (tertiary/aromatic N) is 7. The van der Waals surface area contributed by atoms with E-state index in [1.54, 1.807) is 54.5 Å². The van der Waals surface area contributed by atoms with Crippen molar-refractivity contribution < 1.29 is 9.13 Å². The Morgan fingerprint density at radius 2 is 2.09 bits per heavy atom. The second-order valence-electron chi connectivity index (χ2n) is 7.79. The largest absolute Gasteiger partial charge is 0.493 e. The molecule has 1 unspecified atom stereocenters. The van der Waals surface area contributed by atoms with Crippen molar-refractivity contribution in [3.8, 4) is 11.7 Å². The van der Waals surface area contributed by atoms with E-state index in [1.807, 2.05) is 0 Å². The molecule has 1 aliphatic heterocycles. The summed E-state index contributed by atoms with van der Waals surface area (Å²) in [6, 6.07) is 9.26. The van der Waals surface area contributed by atoms with Crippen molar-refractivity contribution in [1.29, 1.82) is 0 Å². The van der Waals surface area contributed by atoms with Crippen LogP contribution in [0.1, 0.15) is 18.0 Å². The minimum Gasteiger partial charge on any atom is -0.493 e. The maximum atomic E-state index is 14.8. The summed E-state index contributed by atoms with van der Waals surface area (Å²) in [6.07, 6.45) is 3.57. The highest BCUT2D eigenvalue weighted by molar-refractivity contribution is 5.81. The molecule has 0 saturated heterocycles. The minimum atomic E-state index is -0.567. The lowest BCUT2D eigenvalue weighted by atomic mass is 9.99. The van der Waals surface area contributed by atoms with Gasteiger partial charge in [0, 0.05) is 13.5 Å². The molecule has 0 saturated carbocycles. The van der Waals surface area contributed by atoms with Gasteiger partial charge in [0.2, 0.25) is 5.95 Å². The summed E-state index contributed by atoms with van der Waals surface area (Å²) in [5.41, 5.74) is 2.77. The summed E-state index contributed by atoms with van der Waals surface area (Å²) in [6.45, 7) is 7.64. The van der Waals surface area contributed by atoms with E-state index in [1.165, 1.54) is 15.2 Å². The van der Waals surface area contributed by atoms with Crippen molar-refractivity contribution in [3.05, 3.63) is 82.2 Å². The van der Waals surface area contributed by atoms with E-state index < -0.39 is 11.9 Å². The molecule has 10 heteroatoms. The van der Waals surface area contributed by atoms with E-state index >= 15 is 0 Å². The second-order valence-corrected chi connectivity index (χ2v) is 7.79. The number of halogens is 1. The fourth-order valence-corrected chi connectivity index (χ4v) is 4.40. The summed E-state index contributed by atoms with van der Waals surface area (Å²) in [4.78, 5) is 30.2. The van der Waals surface area contributed by atoms with Gasteiger partial charge in [-0.1, -0.05) is 12.1 Å². The minimum absolute atomic E-state index is 0.298. The molecule has 9 nitrogen and oxygen atoms in total. The van der Waals surface area contributed by atoms with Crippen molar-refractivity contribution in [2.45, 2.75) is 12.5 Å². The van der Waals surface area contributed by atoms with Gasteiger partial charge in [-0.25, -0.2) is 24.0 Å². The van der Waals surface area contributed by atoms with Gasteiger partial charge in [-0.3, -0.25) is 13.7 Å². The molecule has 6 rings (SSSR count). The van der Waals surface area contributed by atoms with Crippen LogP contribution < -0.4 is 10.4 Å². The molecule has 1 atom stereocenters. The molecule has 0 spiro atoms. The fraction of sp³-hybridized carbons (Fsp3) is 0.174. The van der Waals surface area contributed by atoms with Crippen LogP contribution in [0, 0.1) is 12.4 Å². The van der Waals surface area contributed by atoms with Gasteiger partial charge < -0.3 is 4.74 Å². The zero-order valence-corrected chi connectivity index (χ0v) is 17.4. The lowest BCUT2D eigenvalue weighted by molar-refractivity contribution is 0.250. The van der Waals surface area contributed by atoms with Crippen LogP contribution in [0.25, 0.3) is 33.0 Å². The number of hydrogen-bond donors (Lipinski definition) is 0. The molecule has 3 aromatic heterocycles. The van der Waals surface area contributed by atoms with Gasteiger partial charge in [0.15, 0.2) is 11.3 Å². The quantitative estimate of drug-likeness (QED) is 0.392. The second kappa shape index (κ2) is 7.00. The monoisotopic (exact) mass is 441 g/mol. The first-order chi connectivity index (χ1) is 16.1. The number of rotatable bonds is 2. The Kier molecular flexibility index (Phi) is 4.07. The highest BCUT2D eigenvalue weighted by Gasteiger charge is 2.30. The highest BCUT2D eigenvalue weighted by atomic mass is 19.1. The van der Waals surface area contributed by atoms with Crippen molar-refractivity contribution >= 4 is 27.9 Å². The van der Waals surface area contributed by atoms with Crippen molar-refractivity contribution in [2.24, 2.45) is 7.05 Å². The molecule has 0 N–H and O–H groups in total. The summed E-state index contributed by atoms with van der Waals surface area (Å²) < 4.78 is 25.1. The first kappa shape index (κ1) is 19.2. The van der Waals surface area contributed by atoms with Crippen LogP contribution in [0.5, 0.6) is 5.75 Å². The van der Waals surface area contributed by atoms with E-state index in [0.29, 0.717) is 58.2 Å². The topological polar surface area (TPSA) is 84.1 Å². The standard InChI is InChI=1S/C23H16FN7O2/c1-25-13-6-7-15-17(10-13)30(12-27-15)22-26-11-18-21(28-22)31(23(32)29(18)2)16-8-9-33-19-5-3-4-14(24)20(16)19/h3-7,10-12,16H,8-9H2,2H3. The molecule has 5 aromatic rings. The molecule has 0 bridgehead atoms. The Balaban J connectivity index is 1.60. The van der Waals surface area contributed by atoms with Gasteiger partial charge in [0.25, 0.3) is 0 Å². The number of aryl methyl sites for hydroxylation is 1. The van der Waals surface area contributed by atoms with Crippen LogP contribution in [0.3, 0.4) is 0 Å². The van der Waals surface area contributed by atoms with Gasteiger partial charge in [0.05, 0.1) is 42.0 Å². The molecular formula is C23H16FN7O2. The van der Waals surface area contributed by atoms with Gasteiger partial charge >= 0.3 is 5.69 Å². The number of imidazole rings is 2. The Hall–Kier alpha value is -4.52. The molecule has 4 heterocycles. The van der Waals surface area contributed by atoms with Gasteiger partial charge in [0.1, 0.15) is 23.4 Å². The van der Waals surface area contributed by atoms with E-state index in [-0.39, 0.29) is 5.69 Å². The van der Waals surface area contributed by atoms with Crippen molar-refractivity contribution in [1.82, 2.24) is 28.7 Å². The number of hydrogen-bond acceptors (Lipinski definition) is 5. The third kappa shape index (κ3) is 2.75. The van der Waals surface area contributed by atoms with Crippen molar-refractivity contribution in [3.63, 3.8) is 0 Å². The third-order valence-corrected chi connectivity index (χ3v) is 6.00. The van der Waals surface area contributed by atoms with Crippen LogP contribution in [0.15, 0.2) is 53.7 Å². The molecule has 162 valence electrons. The number of aromatic nitrogens is 6. The molecular weight excluding hydrogens is 425 g/mol. The number of ether oxygens (including phenoxy) is 1. The highest BCUT2D eigenvalue weighted by Crippen LogP contribution is 2.37. The van der Waals surface area contributed by atoms with Crippen LogP contribution in [-0.4, -0.2) is 35.3 Å². The predicted octanol–water partition coefficient (Wildman–Crippen LogP) is 3.53. The first-order valence-electron chi connectivity index (χ1n) is 10.3. The molecule has 0 aliphatic carbocycles. The maximum absolute atomic E-state index is 14.8. The Morgan fingerprint density at radius 3 is 2.94 bits per heavy atom. The lowest BCUT2D eigenvalue weighted by Gasteiger charge is -2.27. The fourth-order valence-electron chi connectivity index (χ4n) is 4.40. The van der Waals surface area contributed by atoms with Gasteiger partial charge in [-0.05, 0) is 24.3 Å². The van der Waals surface area contributed by atoms with Crippen LogP contribution in [-0.2, 0) is 7.05 Å². The molecule has 0 amide bonds. The first-order valence-corrected chi connectivity index (χ1v) is 10.3. The Morgan fingerprint density at radius 1 is 1.21 bits per heavy atom. The van der Waals surface area contributed by atoms with Crippen molar-refractivity contribution in [2.75, 3.05) is 6.61 Å². The normalized spacial score (nSPS) is 15.4. The molecule has 1 aliphatic rings. The van der Waals surface area contributed by atoms with Gasteiger partial charge in [-0.15, -0.1) is 0 Å². The summed E-state index contributed by atoms with van der Waals surface area (Å²) in [5, 5.41) is 0. The predicted molar refractivity (Wildman–Crippen MR) is 118 cm³/mol. The number of benzene rings is 2. The number of fused-ring (bicyclic) bond motifs is 3. The average molecular weight is 441 g/mol. The van der Waals surface area contributed by atoms with E-state index in [2.05, 4.69) is 14.8 Å². The Labute approximate surface area is 186 Å². The van der Waals surface area contributed by atoms with Crippen LogP contribution >= 0.6 is 0 Å². The average Bonchev–Trinajstić information content (AvgIpc) is 3.37. The third-order valence-electron chi connectivity index (χ3n) is 6.00. The molecule has 0 radical (unpaired) electrons.